The van der Waals surface area contributed by atoms with Crippen molar-refractivity contribution in [2.45, 2.75) is 26.0 Å². The van der Waals surface area contributed by atoms with Gasteiger partial charge in [-0.15, -0.1) is 0 Å². The molecule has 216 valence electrons. The number of aromatic nitrogens is 2. The lowest BCUT2D eigenvalue weighted by atomic mass is 9.99. The number of likely N-dealkylation sites (N-methyl/N-ethyl adjacent to an activating group) is 1. The SMILES string of the molecule is C=C(F)C(=O)N1CCN(c2nc(OCC3CN(C)CCO3)nc3c2CCN(c2cccc4cccc(C)c24)C3)CC1. The minimum absolute atomic E-state index is 0.0460. The van der Waals surface area contributed by atoms with Gasteiger partial charge in [0, 0.05) is 62.5 Å². The van der Waals surface area contributed by atoms with Gasteiger partial charge in [-0.3, -0.25) is 4.79 Å². The van der Waals surface area contributed by atoms with Crippen LogP contribution in [-0.2, 0) is 22.5 Å². The van der Waals surface area contributed by atoms with Crippen molar-refractivity contribution >= 4 is 28.2 Å². The highest BCUT2D eigenvalue weighted by atomic mass is 19.1. The predicted molar refractivity (Wildman–Crippen MR) is 157 cm³/mol. The summed E-state index contributed by atoms with van der Waals surface area (Å²) >= 11 is 0. The molecule has 1 aromatic heterocycles. The highest BCUT2D eigenvalue weighted by molar-refractivity contribution is 5.97. The second-order valence-corrected chi connectivity index (χ2v) is 11.1. The first-order valence-electron chi connectivity index (χ1n) is 14.3. The molecule has 3 aromatic rings. The van der Waals surface area contributed by atoms with Gasteiger partial charge in [0.2, 0.25) is 0 Å². The Labute approximate surface area is 240 Å². The van der Waals surface area contributed by atoms with Gasteiger partial charge < -0.3 is 29.1 Å². The van der Waals surface area contributed by atoms with E-state index in [1.165, 1.54) is 26.9 Å². The van der Waals surface area contributed by atoms with Gasteiger partial charge in [0.25, 0.3) is 5.91 Å². The van der Waals surface area contributed by atoms with Crippen LogP contribution in [0.25, 0.3) is 10.8 Å². The zero-order valence-corrected chi connectivity index (χ0v) is 23.8. The number of carbonyl (C=O) groups excluding carboxylic acids is 1. The van der Waals surface area contributed by atoms with E-state index in [-0.39, 0.29) is 6.10 Å². The Hall–Kier alpha value is -3.76. The van der Waals surface area contributed by atoms with Crippen molar-refractivity contribution < 1.29 is 18.7 Å². The largest absolute Gasteiger partial charge is 0.461 e. The van der Waals surface area contributed by atoms with Crippen molar-refractivity contribution in [3.05, 3.63) is 65.6 Å². The number of nitrogens with zero attached hydrogens (tertiary/aromatic N) is 6. The quantitative estimate of drug-likeness (QED) is 0.425. The van der Waals surface area contributed by atoms with Crippen LogP contribution in [0.5, 0.6) is 6.01 Å². The van der Waals surface area contributed by atoms with Gasteiger partial charge in [-0.2, -0.15) is 9.97 Å². The van der Waals surface area contributed by atoms with E-state index >= 15 is 0 Å². The molecule has 9 nitrogen and oxygen atoms in total. The summed E-state index contributed by atoms with van der Waals surface area (Å²) in [5, 5.41) is 2.49. The molecule has 2 aromatic carbocycles. The van der Waals surface area contributed by atoms with Crippen LogP contribution in [0.4, 0.5) is 15.9 Å². The molecule has 4 heterocycles. The van der Waals surface area contributed by atoms with Gasteiger partial charge in [-0.1, -0.05) is 36.9 Å². The number of hydrogen-bond donors (Lipinski definition) is 0. The second-order valence-electron chi connectivity index (χ2n) is 11.1. The van der Waals surface area contributed by atoms with Crippen molar-refractivity contribution in [2.75, 3.05) is 75.9 Å². The number of halogens is 1. The van der Waals surface area contributed by atoms with Crippen molar-refractivity contribution in [1.82, 2.24) is 19.8 Å². The lowest BCUT2D eigenvalue weighted by Crippen LogP contribution is -2.49. The number of benzene rings is 2. The molecule has 1 amide bonds. The van der Waals surface area contributed by atoms with E-state index in [4.69, 9.17) is 19.4 Å². The highest BCUT2D eigenvalue weighted by Gasteiger charge is 2.30. The first kappa shape index (κ1) is 27.4. The van der Waals surface area contributed by atoms with Crippen molar-refractivity contribution in [1.29, 1.82) is 0 Å². The zero-order valence-electron chi connectivity index (χ0n) is 23.8. The van der Waals surface area contributed by atoms with Crippen LogP contribution in [0.2, 0.25) is 0 Å². The lowest BCUT2D eigenvalue weighted by molar-refractivity contribution is -0.128. The van der Waals surface area contributed by atoms with Gasteiger partial charge in [-0.05, 0) is 37.4 Å². The molecule has 0 saturated carbocycles. The Morgan fingerprint density at radius 1 is 1.07 bits per heavy atom. The molecule has 0 N–H and O–H groups in total. The van der Waals surface area contributed by atoms with E-state index in [9.17, 15) is 9.18 Å². The topological polar surface area (TPSA) is 74.3 Å². The Morgan fingerprint density at radius 2 is 1.85 bits per heavy atom. The minimum atomic E-state index is -0.923. The summed E-state index contributed by atoms with van der Waals surface area (Å²) in [6.45, 7) is 11.4. The Bertz CT molecular complexity index is 1450. The summed E-state index contributed by atoms with van der Waals surface area (Å²) in [4.78, 5) is 30.2. The van der Waals surface area contributed by atoms with Gasteiger partial charge in [-0.25, -0.2) is 4.39 Å². The molecule has 1 atom stereocenters. The Kier molecular flexibility index (Phi) is 7.77. The number of hydrogen-bond acceptors (Lipinski definition) is 8. The van der Waals surface area contributed by atoms with Gasteiger partial charge in [0.1, 0.15) is 18.5 Å². The molecule has 3 aliphatic heterocycles. The van der Waals surface area contributed by atoms with Crippen LogP contribution in [-0.4, -0.2) is 97.9 Å². The number of fused-ring (bicyclic) bond motifs is 2. The van der Waals surface area contributed by atoms with E-state index in [1.807, 2.05) is 0 Å². The fourth-order valence-corrected chi connectivity index (χ4v) is 6.12. The fourth-order valence-electron chi connectivity index (χ4n) is 6.12. The molecule has 3 aliphatic rings. The predicted octanol–water partition coefficient (Wildman–Crippen LogP) is 3.34. The molecule has 0 bridgehead atoms. The van der Waals surface area contributed by atoms with Gasteiger partial charge >= 0.3 is 6.01 Å². The van der Waals surface area contributed by atoms with Crippen LogP contribution in [0.1, 0.15) is 16.8 Å². The number of carbonyl (C=O) groups is 1. The Morgan fingerprint density at radius 3 is 2.61 bits per heavy atom. The third-order valence-electron chi connectivity index (χ3n) is 8.29. The smallest absolute Gasteiger partial charge is 0.318 e. The monoisotopic (exact) mass is 560 g/mol. The summed E-state index contributed by atoms with van der Waals surface area (Å²) < 4.78 is 25.5. The maximum atomic E-state index is 13.5. The molecule has 2 saturated heterocycles. The number of amides is 1. The average molecular weight is 561 g/mol. The number of aryl methyl sites for hydroxylation is 1. The molecular weight excluding hydrogens is 523 g/mol. The summed E-state index contributed by atoms with van der Waals surface area (Å²) in [6, 6.07) is 13.2. The van der Waals surface area contributed by atoms with Crippen LogP contribution in [0.15, 0.2) is 48.8 Å². The maximum absolute atomic E-state index is 13.5. The fraction of sp³-hybridized carbons (Fsp3) is 0.452. The second kappa shape index (κ2) is 11.6. The number of ether oxygens (including phenoxy) is 2. The third kappa shape index (κ3) is 5.71. The Balaban J connectivity index is 1.29. The first-order valence-corrected chi connectivity index (χ1v) is 14.3. The molecule has 41 heavy (non-hydrogen) atoms. The van der Waals surface area contributed by atoms with Crippen molar-refractivity contribution in [2.24, 2.45) is 0 Å². The van der Waals surface area contributed by atoms with Gasteiger partial charge in [0.05, 0.1) is 18.8 Å². The van der Waals surface area contributed by atoms with Crippen molar-refractivity contribution in [3.63, 3.8) is 0 Å². The molecule has 10 heteroatoms. The summed E-state index contributed by atoms with van der Waals surface area (Å²) in [5.74, 6) is -0.726. The van der Waals surface area contributed by atoms with E-state index < -0.39 is 11.7 Å². The van der Waals surface area contributed by atoms with Crippen LogP contribution < -0.4 is 14.5 Å². The van der Waals surface area contributed by atoms with E-state index in [1.54, 1.807) is 0 Å². The summed E-state index contributed by atoms with van der Waals surface area (Å²) in [6.07, 6.45) is 0.736. The van der Waals surface area contributed by atoms with Crippen LogP contribution >= 0.6 is 0 Å². The molecule has 2 fully saturated rings. The summed E-state index contributed by atoms with van der Waals surface area (Å²) in [7, 11) is 2.08. The van der Waals surface area contributed by atoms with E-state index in [0.717, 1.165) is 43.1 Å². The number of morpholine rings is 1. The minimum Gasteiger partial charge on any atom is -0.461 e. The molecule has 0 spiro atoms. The molecular formula is C31H37FN6O3. The average Bonchev–Trinajstić information content (AvgIpc) is 2.99. The first-order chi connectivity index (χ1) is 19.9. The molecule has 0 aliphatic carbocycles. The standard InChI is InChI=1S/C31H37FN6O3/c1-21-6-4-7-23-8-5-9-27(28(21)23)38-11-10-25-26(19-38)33-31(41-20-24-18-35(3)16-17-40-24)34-29(25)36-12-14-37(15-13-36)30(39)22(2)32/h4-9,24H,2,10-20H2,1,3H3. The van der Waals surface area contributed by atoms with Crippen LogP contribution in [0.3, 0.4) is 0 Å². The summed E-state index contributed by atoms with van der Waals surface area (Å²) in [5.41, 5.74) is 4.50. The van der Waals surface area contributed by atoms with Gasteiger partial charge in [0.15, 0.2) is 5.83 Å². The number of piperazine rings is 1. The molecule has 1 unspecified atom stereocenters. The third-order valence-corrected chi connectivity index (χ3v) is 8.29. The van der Waals surface area contributed by atoms with Crippen molar-refractivity contribution in [3.8, 4) is 6.01 Å². The zero-order chi connectivity index (χ0) is 28.5. The number of rotatable bonds is 6. The molecule has 6 rings (SSSR count). The highest BCUT2D eigenvalue weighted by Crippen LogP contribution is 2.35. The molecule has 0 radical (unpaired) electrons. The van der Waals surface area contributed by atoms with Crippen LogP contribution in [0, 0.1) is 6.92 Å². The van der Waals surface area contributed by atoms with E-state index in [2.05, 4.69) is 71.6 Å². The lowest BCUT2D eigenvalue weighted by Gasteiger charge is -2.38. The van der Waals surface area contributed by atoms with E-state index in [0.29, 0.717) is 51.9 Å². The maximum Gasteiger partial charge on any atom is 0.318 e. The normalized spacial score (nSPS) is 19.8. The number of anilines is 2.